The number of nitrogens with zero attached hydrogens (tertiary/aromatic N) is 3. The zero-order valence-electron chi connectivity index (χ0n) is 11.3. The lowest BCUT2D eigenvalue weighted by atomic mass is 9.95. The third-order valence-corrected chi connectivity index (χ3v) is 3.96. The second-order valence-corrected chi connectivity index (χ2v) is 5.39. The quantitative estimate of drug-likeness (QED) is 0.902. The SMILES string of the molecule is Cc1cc2c(=O)n(CCC3CCNCC3)ccn2n1. The number of fused-ring (bicyclic) bond motifs is 1. The Morgan fingerprint density at radius 2 is 2.16 bits per heavy atom. The minimum Gasteiger partial charge on any atom is -0.317 e. The molecule has 0 saturated carbocycles. The molecule has 1 aliphatic heterocycles. The Labute approximate surface area is 112 Å². The molecule has 19 heavy (non-hydrogen) atoms. The summed E-state index contributed by atoms with van der Waals surface area (Å²) in [5.74, 6) is 0.746. The summed E-state index contributed by atoms with van der Waals surface area (Å²) in [6, 6.07) is 1.85. The molecule has 0 atom stereocenters. The summed E-state index contributed by atoms with van der Waals surface area (Å²) in [5, 5.41) is 7.63. The Balaban J connectivity index is 1.77. The molecule has 3 heterocycles. The van der Waals surface area contributed by atoms with Crippen molar-refractivity contribution in [1.82, 2.24) is 19.5 Å². The van der Waals surface area contributed by atoms with E-state index in [4.69, 9.17) is 0 Å². The average Bonchev–Trinajstić information content (AvgIpc) is 2.81. The van der Waals surface area contributed by atoms with Crippen LogP contribution in [0.1, 0.15) is 25.0 Å². The first-order chi connectivity index (χ1) is 9.24. The van der Waals surface area contributed by atoms with Crippen LogP contribution in [0.15, 0.2) is 23.3 Å². The van der Waals surface area contributed by atoms with E-state index in [1.807, 2.05) is 30.0 Å². The van der Waals surface area contributed by atoms with Gasteiger partial charge in [-0.2, -0.15) is 5.10 Å². The topological polar surface area (TPSA) is 51.3 Å². The van der Waals surface area contributed by atoms with Gasteiger partial charge in [-0.05, 0) is 51.3 Å². The van der Waals surface area contributed by atoms with Gasteiger partial charge in [0.05, 0.1) is 5.69 Å². The third kappa shape index (κ3) is 2.56. The minimum atomic E-state index is 0.0667. The number of piperidine rings is 1. The molecule has 0 amide bonds. The lowest BCUT2D eigenvalue weighted by Crippen LogP contribution is -2.29. The fraction of sp³-hybridized carbons (Fsp3) is 0.571. The summed E-state index contributed by atoms with van der Waals surface area (Å²) in [5.41, 5.74) is 1.62. The van der Waals surface area contributed by atoms with Gasteiger partial charge in [0.1, 0.15) is 5.52 Å². The van der Waals surface area contributed by atoms with E-state index in [0.29, 0.717) is 5.52 Å². The molecular weight excluding hydrogens is 240 g/mol. The predicted molar refractivity (Wildman–Crippen MR) is 74.4 cm³/mol. The van der Waals surface area contributed by atoms with Crippen LogP contribution in [0.2, 0.25) is 0 Å². The molecule has 0 aliphatic carbocycles. The van der Waals surface area contributed by atoms with Crippen LogP contribution in [0, 0.1) is 12.8 Å². The number of rotatable bonds is 3. The maximum absolute atomic E-state index is 12.3. The van der Waals surface area contributed by atoms with Gasteiger partial charge in [0.15, 0.2) is 0 Å². The van der Waals surface area contributed by atoms with Crippen molar-refractivity contribution in [3.05, 3.63) is 34.5 Å². The van der Waals surface area contributed by atoms with Crippen LogP contribution in [0.25, 0.3) is 5.52 Å². The lowest BCUT2D eigenvalue weighted by molar-refractivity contribution is 0.336. The van der Waals surface area contributed by atoms with Gasteiger partial charge in [0, 0.05) is 18.9 Å². The molecular formula is C14H20N4O. The van der Waals surface area contributed by atoms with Crippen LogP contribution in [-0.2, 0) is 6.54 Å². The number of hydrogen-bond acceptors (Lipinski definition) is 3. The number of aromatic nitrogens is 3. The third-order valence-electron chi connectivity index (χ3n) is 3.96. The molecule has 2 aromatic rings. The highest BCUT2D eigenvalue weighted by atomic mass is 16.1. The van der Waals surface area contributed by atoms with Gasteiger partial charge in [-0.25, -0.2) is 4.52 Å². The van der Waals surface area contributed by atoms with Crippen LogP contribution in [0.3, 0.4) is 0 Å². The van der Waals surface area contributed by atoms with Gasteiger partial charge in [-0.1, -0.05) is 0 Å². The van der Waals surface area contributed by atoms with E-state index in [2.05, 4.69) is 10.4 Å². The monoisotopic (exact) mass is 260 g/mol. The van der Waals surface area contributed by atoms with Crippen molar-refractivity contribution >= 4 is 5.52 Å². The van der Waals surface area contributed by atoms with E-state index < -0.39 is 0 Å². The maximum Gasteiger partial charge on any atom is 0.276 e. The molecule has 3 rings (SSSR count). The molecule has 1 N–H and O–H groups in total. The van der Waals surface area contributed by atoms with Crippen molar-refractivity contribution in [1.29, 1.82) is 0 Å². The molecule has 0 bridgehead atoms. The van der Waals surface area contributed by atoms with Crippen molar-refractivity contribution in [3.8, 4) is 0 Å². The van der Waals surface area contributed by atoms with Gasteiger partial charge in [-0.15, -0.1) is 0 Å². The molecule has 2 aromatic heterocycles. The van der Waals surface area contributed by atoms with Gasteiger partial charge >= 0.3 is 0 Å². The zero-order valence-corrected chi connectivity index (χ0v) is 11.3. The van der Waals surface area contributed by atoms with Crippen molar-refractivity contribution < 1.29 is 0 Å². The Bertz CT molecular complexity index is 622. The van der Waals surface area contributed by atoms with Crippen molar-refractivity contribution in [3.63, 3.8) is 0 Å². The van der Waals surface area contributed by atoms with Crippen LogP contribution in [0.5, 0.6) is 0 Å². The summed E-state index contributed by atoms with van der Waals surface area (Å²) in [7, 11) is 0. The second kappa shape index (κ2) is 5.17. The zero-order chi connectivity index (χ0) is 13.2. The summed E-state index contributed by atoms with van der Waals surface area (Å²) >= 11 is 0. The molecule has 1 fully saturated rings. The molecule has 5 heteroatoms. The molecule has 1 saturated heterocycles. The second-order valence-electron chi connectivity index (χ2n) is 5.39. The molecule has 0 radical (unpaired) electrons. The lowest BCUT2D eigenvalue weighted by Gasteiger charge is -2.22. The number of nitrogens with one attached hydrogen (secondary N) is 1. The average molecular weight is 260 g/mol. The van der Waals surface area contributed by atoms with E-state index in [9.17, 15) is 4.79 Å². The summed E-state index contributed by atoms with van der Waals surface area (Å²) in [6.07, 6.45) is 7.26. The normalized spacial score (nSPS) is 17.1. The number of aryl methyl sites for hydroxylation is 2. The van der Waals surface area contributed by atoms with Crippen molar-refractivity contribution in [2.45, 2.75) is 32.7 Å². The molecule has 1 aliphatic rings. The highest BCUT2D eigenvalue weighted by Gasteiger charge is 2.13. The first kappa shape index (κ1) is 12.4. The first-order valence-electron chi connectivity index (χ1n) is 7.00. The minimum absolute atomic E-state index is 0.0667. The summed E-state index contributed by atoms with van der Waals surface area (Å²) in [6.45, 7) is 4.94. The molecule has 0 spiro atoms. The highest BCUT2D eigenvalue weighted by Crippen LogP contribution is 2.16. The van der Waals surface area contributed by atoms with E-state index in [-0.39, 0.29) is 5.56 Å². The Hall–Kier alpha value is -1.62. The molecule has 0 unspecified atom stereocenters. The van der Waals surface area contributed by atoms with Crippen LogP contribution >= 0.6 is 0 Å². The van der Waals surface area contributed by atoms with Gasteiger partial charge in [-0.3, -0.25) is 4.79 Å². The largest absolute Gasteiger partial charge is 0.317 e. The van der Waals surface area contributed by atoms with Crippen LogP contribution in [-0.4, -0.2) is 27.3 Å². The summed E-state index contributed by atoms with van der Waals surface area (Å²) in [4.78, 5) is 12.3. The van der Waals surface area contributed by atoms with E-state index >= 15 is 0 Å². The maximum atomic E-state index is 12.3. The van der Waals surface area contributed by atoms with Crippen LogP contribution < -0.4 is 10.9 Å². The Kier molecular flexibility index (Phi) is 3.38. The van der Waals surface area contributed by atoms with Crippen LogP contribution in [0.4, 0.5) is 0 Å². The first-order valence-corrected chi connectivity index (χ1v) is 7.00. The fourth-order valence-corrected chi connectivity index (χ4v) is 2.82. The predicted octanol–water partition coefficient (Wildman–Crippen LogP) is 1.19. The Morgan fingerprint density at radius 1 is 1.37 bits per heavy atom. The molecule has 5 nitrogen and oxygen atoms in total. The van der Waals surface area contributed by atoms with Gasteiger partial charge < -0.3 is 9.88 Å². The smallest absolute Gasteiger partial charge is 0.276 e. The van der Waals surface area contributed by atoms with Crippen molar-refractivity contribution in [2.75, 3.05) is 13.1 Å². The van der Waals surface area contributed by atoms with Gasteiger partial charge in [0.2, 0.25) is 0 Å². The highest BCUT2D eigenvalue weighted by molar-refractivity contribution is 5.44. The Morgan fingerprint density at radius 3 is 2.95 bits per heavy atom. The van der Waals surface area contributed by atoms with E-state index in [1.54, 1.807) is 4.52 Å². The summed E-state index contributed by atoms with van der Waals surface area (Å²) < 4.78 is 3.48. The van der Waals surface area contributed by atoms with Gasteiger partial charge in [0.25, 0.3) is 5.56 Å². The van der Waals surface area contributed by atoms with E-state index in [0.717, 1.165) is 37.7 Å². The molecule has 102 valence electrons. The van der Waals surface area contributed by atoms with E-state index in [1.165, 1.54) is 12.8 Å². The molecule has 0 aromatic carbocycles. The standard InChI is InChI=1S/C14H20N4O/c1-11-10-13-14(19)17(8-9-18(13)16-11)7-4-12-2-5-15-6-3-12/h8-10,12,15H,2-7H2,1H3. The fourth-order valence-electron chi connectivity index (χ4n) is 2.82. The van der Waals surface area contributed by atoms with Crippen molar-refractivity contribution in [2.24, 2.45) is 5.92 Å². The number of hydrogen-bond donors (Lipinski definition) is 1.